The molecule has 51 heteroatoms. The van der Waals surface area contributed by atoms with Gasteiger partial charge in [0.05, 0.1) is 46.2 Å². The second-order valence-corrected chi connectivity index (χ2v) is 35.7. The summed E-state index contributed by atoms with van der Waals surface area (Å²) in [5.74, 6) is 6.06. The number of hydrogen-bond acceptors (Lipinski definition) is 41. The maximum atomic E-state index is 10.5. The van der Waals surface area contributed by atoms with Crippen molar-refractivity contribution in [1.29, 1.82) is 0 Å². The van der Waals surface area contributed by atoms with E-state index in [-0.39, 0.29) is 58.6 Å². The van der Waals surface area contributed by atoms with Crippen LogP contribution in [0, 0.1) is 0 Å². The molecule has 0 aromatic carbocycles. The summed E-state index contributed by atoms with van der Waals surface area (Å²) in [7, 11) is 0. The average molecular weight is 1870 g/mol. The number of aliphatic hydroxyl groups excluding tert-OH is 20. The second-order valence-electron chi connectivity index (χ2n) is 27.6. The summed E-state index contributed by atoms with van der Waals surface area (Å²) in [6, 6.07) is 0. The molecule has 41 nitrogen and oxygen atoms in total. The third kappa shape index (κ3) is 34.9. The fourth-order valence-corrected chi connectivity index (χ4v) is 17.3. The Kier molecular flexibility index (Phi) is 51.6. The van der Waals surface area contributed by atoms with Crippen LogP contribution < -0.4 is 53.2 Å². The van der Waals surface area contributed by atoms with E-state index in [0.29, 0.717) is 129 Å². The summed E-state index contributed by atoms with van der Waals surface area (Å²) in [6.45, 7) is 0.150. The average Bonchev–Trinajstić information content (AvgIpc) is 0.796. The van der Waals surface area contributed by atoms with Gasteiger partial charge in [-0.25, -0.2) is 0 Å². The van der Waals surface area contributed by atoms with Gasteiger partial charge < -0.3 is 207 Å². The van der Waals surface area contributed by atoms with E-state index in [9.17, 15) is 102 Å². The fourth-order valence-electron chi connectivity index (χ4n) is 12.4. The molecular weight excluding hydrogens is 1750 g/mol. The summed E-state index contributed by atoms with van der Waals surface area (Å²) in [4.78, 5) is 0. The standard InChI is InChI=1S/C66H122N10O31S10/c77-26-32-38(82)43(87)48(92)56(102-32)72-62(108)67-6-21-113-16-1-11-97-31-37-53(98-12-2-17-114-22-7-68-63(109)73-57-49(93)44(88)39(83)33(27-78)103-57)54(99-13-3-18-115-23-8-69-64(110)74-58-50(94)45(89)40(84)34(28-79)104-58)55(100-14-4-19-116-24-9-70-65(111)75-59-51(95)46(90)41(85)35(29-80)105-59)61(107-37)101-15-5-20-117-25-10-71-66(112)76-60-52(96)47(91)42(86)36(30-81)106-60/h32-61,77-96H,1-31H2,(H2,67,72,108)(H2,68,73,109)(H2,69,74,110)(H2,70,75,111)(H2,71,76,112)/t32-,33-,34-,35-,36-,37-,38-,39-,40-,41-,42-,43+,44+,45+,46+,47+,48+,49+,50+,51+,52+,53-,54+,55-,56+,57+,58+,59+,60+,61+/m1/s1. The van der Waals surface area contributed by atoms with Crippen molar-refractivity contribution in [3.8, 4) is 0 Å². The summed E-state index contributed by atoms with van der Waals surface area (Å²) in [6.07, 6.45) is -36.4. The van der Waals surface area contributed by atoms with Crippen molar-refractivity contribution < 1.29 is 154 Å². The molecule has 0 aromatic heterocycles. The van der Waals surface area contributed by atoms with Crippen LogP contribution in [-0.4, -0.2) is 475 Å². The van der Waals surface area contributed by atoms with Crippen LogP contribution in [0.1, 0.15) is 32.1 Å². The first-order valence-corrected chi connectivity index (χ1v) is 46.3. The molecule has 117 heavy (non-hydrogen) atoms. The number of ether oxygens (including phenoxy) is 11. The molecule has 6 rings (SSSR count). The number of hydrogen-bond donors (Lipinski definition) is 30. The van der Waals surface area contributed by atoms with Crippen molar-refractivity contribution in [3.05, 3.63) is 0 Å². The Balaban J connectivity index is 1.12. The first kappa shape index (κ1) is 105. The van der Waals surface area contributed by atoms with Crippen LogP contribution in [0.25, 0.3) is 0 Å². The van der Waals surface area contributed by atoms with Crippen LogP contribution in [0.15, 0.2) is 0 Å². The predicted octanol–water partition coefficient (Wildman–Crippen LogP) is -11.2. The monoisotopic (exact) mass is 1870 g/mol. The predicted molar refractivity (Wildman–Crippen MR) is 452 cm³/mol. The summed E-state index contributed by atoms with van der Waals surface area (Å²) in [5, 5.41) is 233. The molecule has 6 aliphatic heterocycles. The molecule has 0 amide bonds. The Hall–Kier alpha value is -1.04. The summed E-state index contributed by atoms with van der Waals surface area (Å²) < 4.78 is 68.3. The van der Waals surface area contributed by atoms with E-state index in [2.05, 4.69) is 53.2 Å². The lowest BCUT2D eigenvalue weighted by atomic mass is 9.98. The molecule has 6 heterocycles. The Morgan fingerprint density at radius 1 is 0.256 bits per heavy atom. The van der Waals surface area contributed by atoms with Crippen LogP contribution in [-0.2, 0) is 52.1 Å². The second kappa shape index (κ2) is 57.6. The van der Waals surface area contributed by atoms with Gasteiger partial charge in [-0.05, 0) is 122 Å². The topological polar surface area (TPSA) is 626 Å². The van der Waals surface area contributed by atoms with Crippen molar-refractivity contribution in [2.24, 2.45) is 0 Å². The molecule has 0 saturated carbocycles. The number of thiocarbonyl (C=S) groups is 5. The third-order valence-electron chi connectivity index (χ3n) is 18.9. The summed E-state index contributed by atoms with van der Waals surface area (Å²) >= 11 is 35.1. The van der Waals surface area contributed by atoms with Crippen LogP contribution >= 0.6 is 120 Å². The van der Waals surface area contributed by atoms with E-state index in [1.165, 1.54) is 0 Å². The van der Waals surface area contributed by atoms with Gasteiger partial charge in [0.15, 0.2) is 63.0 Å². The minimum atomic E-state index is -1.59. The highest BCUT2D eigenvalue weighted by Crippen LogP contribution is 2.32. The third-order valence-corrected chi connectivity index (χ3v) is 25.5. The fraction of sp³-hybridized carbons (Fsp3) is 0.924. The van der Waals surface area contributed by atoms with Crippen molar-refractivity contribution in [3.63, 3.8) is 0 Å². The van der Waals surface area contributed by atoms with Gasteiger partial charge in [0, 0.05) is 87.9 Å². The van der Waals surface area contributed by atoms with E-state index < -0.39 is 217 Å². The maximum Gasteiger partial charge on any atom is 0.186 e. The lowest BCUT2D eigenvalue weighted by Crippen LogP contribution is -2.64. The van der Waals surface area contributed by atoms with Gasteiger partial charge in [-0.15, -0.1) is 0 Å². The van der Waals surface area contributed by atoms with Gasteiger partial charge in [0.2, 0.25) is 0 Å². The zero-order chi connectivity index (χ0) is 85.5. The molecule has 6 saturated heterocycles. The van der Waals surface area contributed by atoms with Gasteiger partial charge >= 0.3 is 0 Å². The molecule has 0 spiro atoms. The van der Waals surface area contributed by atoms with Crippen molar-refractivity contribution in [2.45, 2.75) is 216 Å². The Bertz CT molecular complexity index is 2800. The quantitative estimate of drug-likeness (QED) is 0.0199. The minimum Gasteiger partial charge on any atom is -0.394 e. The zero-order valence-corrected chi connectivity index (χ0v) is 72.4. The molecule has 0 aliphatic carbocycles. The van der Waals surface area contributed by atoms with Crippen LogP contribution in [0.3, 0.4) is 0 Å². The smallest absolute Gasteiger partial charge is 0.186 e. The van der Waals surface area contributed by atoms with E-state index in [0.717, 1.165) is 0 Å². The van der Waals surface area contributed by atoms with Crippen LogP contribution in [0.5, 0.6) is 0 Å². The van der Waals surface area contributed by atoms with Gasteiger partial charge in [-0.2, -0.15) is 58.8 Å². The van der Waals surface area contributed by atoms with E-state index in [4.69, 9.17) is 113 Å². The van der Waals surface area contributed by atoms with Gasteiger partial charge in [0.1, 0.15) is 146 Å². The van der Waals surface area contributed by atoms with Gasteiger partial charge in [-0.3, -0.25) is 0 Å². The number of nitrogens with one attached hydrogen (secondary N) is 10. The van der Waals surface area contributed by atoms with Crippen LogP contribution in [0.4, 0.5) is 0 Å². The number of rotatable bonds is 51. The highest BCUT2D eigenvalue weighted by molar-refractivity contribution is 8.00. The number of thioether (sulfide) groups is 5. The molecule has 30 N–H and O–H groups in total. The van der Waals surface area contributed by atoms with Crippen molar-refractivity contribution in [1.82, 2.24) is 53.2 Å². The lowest BCUT2D eigenvalue weighted by Gasteiger charge is -2.46. The lowest BCUT2D eigenvalue weighted by molar-refractivity contribution is -0.323. The largest absolute Gasteiger partial charge is 0.394 e. The highest BCUT2D eigenvalue weighted by atomic mass is 32.2. The SMILES string of the molecule is OC[C@H]1O[C@H](NC(=S)NCCSCCCOC[C@H]2O[C@H](OCCCSCCNC(=S)N[C@H]3O[C@H](CO)[C@@H](O)[C@H](O)[C@@H]3O)[C@H](OCCCSCCNC(=S)N[C@H]3O[C@H](CO)[C@@H](O)[C@H](O)[C@@H]3O)[C@@H](OCCCSCCNC(=S)N[C@H]3O[C@H](CO)[C@@H](O)[C@H](O)[C@@H]3O)[C@@H]2OCCCSCCNC(=S)N[C@H]2O[C@H](CO)[C@@H](O)[C@H](O)[C@@H]2O)[C@@H](O)[C@@H](O)[C@@H]1O. The minimum absolute atomic E-state index is 0.0385. The molecule has 30 atom stereocenters. The van der Waals surface area contributed by atoms with Crippen LogP contribution in [0.2, 0.25) is 0 Å². The summed E-state index contributed by atoms with van der Waals surface area (Å²) in [5.41, 5.74) is 0. The normalized spacial score (nSPS) is 35.2. The molecule has 0 radical (unpaired) electrons. The molecule has 0 unspecified atom stereocenters. The van der Waals surface area contributed by atoms with Crippen molar-refractivity contribution in [2.75, 3.05) is 163 Å². The van der Waals surface area contributed by atoms with E-state index in [1.807, 2.05) is 0 Å². The van der Waals surface area contributed by atoms with Crippen molar-refractivity contribution >= 4 is 145 Å². The Morgan fingerprint density at radius 2 is 0.487 bits per heavy atom. The zero-order valence-electron chi connectivity index (χ0n) is 64.3. The van der Waals surface area contributed by atoms with Gasteiger partial charge in [-0.1, -0.05) is 0 Å². The first-order chi connectivity index (χ1) is 56.2. The molecule has 682 valence electrons. The van der Waals surface area contributed by atoms with E-state index in [1.54, 1.807) is 58.8 Å². The molecule has 0 bridgehead atoms. The molecule has 6 fully saturated rings. The Labute approximate surface area is 726 Å². The van der Waals surface area contributed by atoms with Gasteiger partial charge in [0.25, 0.3) is 0 Å². The highest BCUT2D eigenvalue weighted by Gasteiger charge is 2.51. The van der Waals surface area contributed by atoms with E-state index >= 15 is 0 Å². The number of aliphatic hydroxyl groups is 20. The molecule has 0 aromatic rings. The molecular formula is C66H122N10O31S10. The molecule has 6 aliphatic rings. The maximum absolute atomic E-state index is 10.5. The first-order valence-electron chi connectivity index (χ1n) is 38.5. The Morgan fingerprint density at radius 3 is 0.744 bits per heavy atom.